The molecule has 3 unspecified atom stereocenters. The van der Waals surface area contributed by atoms with Gasteiger partial charge in [0.15, 0.2) is 5.78 Å². The Morgan fingerprint density at radius 2 is 1.77 bits per heavy atom. The summed E-state index contributed by atoms with van der Waals surface area (Å²) >= 11 is 0. The highest BCUT2D eigenvalue weighted by molar-refractivity contribution is 6.30. The molecular formula is C35H43FN2O6. The minimum atomic E-state index is -0.583. The number of nitrogens with one attached hydrogen (secondary N) is 1. The lowest BCUT2D eigenvalue weighted by Gasteiger charge is -2.44. The fourth-order valence-electron chi connectivity index (χ4n) is 6.58. The molecule has 9 heteroatoms. The van der Waals surface area contributed by atoms with Crippen molar-refractivity contribution in [3.05, 3.63) is 65.0 Å². The molecule has 1 heterocycles. The quantitative estimate of drug-likeness (QED) is 0.367. The lowest BCUT2D eigenvalue weighted by Crippen LogP contribution is -2.48. The third-order valence-corrected chi connectivity index (χ3v) is 8.71. The number of likely N-dealkylation sites (tertiary alicyclic amines) is 1. The summed E-state index contributed by atoms with van der Waals surface area (Å²) in [7, 11) is 1.58. The van der Waals surface area contributed by atoms with Gasteiger partial charge in [-0.1, -0.05) is 25.1 Å². The molecule has 0 radical (unpaired) electrons. The van der Waals surface area contributed by atoms with Gasteiger partial charge < -0.3 is 24.4 Å². The molecule has 1 saturated heterocycles. The summed E-state index contributed by atoms with van der Waals surface area (Å²) in [5.41, 5.74) is 1.20. The lowest BCUT2D eigenvalue weighted by atomic mass is 9.60. The average molecular weight is 607 g/mol. The molecule has 0 bridgehead atoms. The largest absolute Gasteiger partial charge is 0.497 e. The molecule has 1 aliphatic heterocycles. The fraction of sp³-hybridized carbons (Fsp3) is 0.514. The Morgan fingerprint density at radius 1 is 1.07 bits per heavy atom. The van der Waals surface area contributed by atoms with Crippen molar-refractivity contribution in [2.24, 2.45) is 11.8 Å². The number of rotatable bonds is 8. The smallest absolute Gasteiger partial charge is 0.410 e. The first-order chi connectivity index (χ1) is 21.0. The molecule has 2 fully saturated rings. The third kappa shape index (κ3) is 6.76. The fourth-order valence-corrected chi connectivity index (χ4v) is 6.58. The second-order valence-corrected chi connectivity index (χ2v) is 13.0. The van der Waals surface area contributed by atoms with Crippen LogP contribution in [0.15, 0.2) is 42.5 Å². The highest BCUT2D eigenvalue weighted by atomic mass is 19.1. The molecule has 2 amide bonds. The monoisotopic (exact) mass is 606 g/mol. The van der Waals surface area contributed by atoms with Crippen LogP contribution in [0.4, 0.5) is 9.18 Å². The van der Waals surface area contributed by atoms with Crippen molar-refractivity contribution in [3.8, 4) is 11.5 Å². The van der Waals surface area contributed by atoms with Gasteiger partial charge in [-0.15, -0.1) is 0 Å². The van der Waals surface area contributed by atoms with Crippen LogP contribution in [0.25, 0.3) is 5.57 Å². The van der Waals surface area contributed by atoms with E-state index in [-0.39, 0.29) is 53.6 Å². The Morgan fingerprint density at radius 3 is 2.41 bits per heavy atom. The van der Waals surface area contributed by atoms with Gasteiger partial charge in [-0.05, 0) is 94.0 Å². The highest BCUT2D eigenvalue weighted by Crippen LogP contribution is 2.56. The number of fused-ring (bicyclic) bond motifs is 3. The van der Waals surface area contributed by atoms with Crippen LogP contribution in [0.5, 0.6) is 11.5 Å². The molecule has 1 N–H and O–H groups in total. The Labute approximate surface area is 258 Å². The van der Waals surface area contributed by atoms with E-state index >= 15 is 4.39 Å². The van der Waals surface area contributed by atoms with Crippen LogP contribution in [-0.4, -0.2) is 61.1 Å². The van der Waals surface area contributed by atoms with Crippen molar-refractivity contribution in [2.45, 2.75) is 77.4 Å². The van der Waals surface area contributed by atoms with E-state index in [1.165, 1.54) is 6.07 Å². The lowest BCUT2D eigenvalue weighted by molar-refractivity contribution is -0.124. The molecule has 1 saturated carbocycles. The summed E-state index contributed by atoms with van der Waals surface area (Å²) in [4.78, 5) is 41.4. The molecular weight excluding hydrogens is 563 g/mol. The maximum atomic E-state index is 15.6. The van der Waals surface area contributed by atoms with Gasteiger partial charge in [0.05, 0.1) is 19.3 Å². The van der Waals surface area contributed by atoms with E-state index < -0.39 is 11.4 Å². The van der Waals surface area contributed by atoms with E-state index in [9.17, 15) is 14.4 Å². The first-order valence-corrected chi connectivity index (χ1v) is 15.6. The minimum absolute atomic E-state index is 0.0350. The van der Waals surface area contributed by atoms with Crippen LogP contribution in [0.1, 0.15) is 87.2 Å². The number of carbonyl (C=O) groups excluding carboxylic acids is 3. The average Bonchev–Trinajstić information content (AvgIpc) is 3.07. The summed E-state index contributed by atoms with van der Waals surface area (Å²) in [5.74, 6) is -0.209. The first-order valence-electron chi connectivity index (χ1n) is 15.6. The summed E-state index contributed by atoms with van der Waals surface area (Å²) in [5, 5.41) is 3.16. The second kappa shape index (κ2) is 13.0. The summed E-state index contributed by atoms with van der Waals surface area (Å²) in [6.07, 6.45) is 4.64. The summed E-state index contributed by atoms with van der Waals surface area (Å²) in [6.45, 7) is 8.99. The number of hydrogen-bond donors (Lipinski definition) is 1. The molecule has 2 aliphatic carbocycles. The molecule has 5 rings (SSSR count). The van der Waals surface area contributed by atoms with Crippen molar-refractivity contribution in [3.63, 3.8) is 0 Å². The van der Waals surface area contributed by atoms with E-state index in [2.05, 4.69) is 5.32 Å². The number of piperidine rings is 1. The van der Waals surface area contributed by atoms with E-state index in [4.69, 9.17) is 14.2 Å². The van der Waals surface area contributed by atoms with Gasteiger partial charge in [0.1, 0.15) is 22.9 Å². The van der Waals surface area contributed by atoms with E-state index in [1.807, 2.05) is 45.9 Å². The third-order valence-electron chi connectivity index (χ3n) is 8.71. The number of ether oxygens (including phenoxy) is 3. The molecule has 2 aromatic rings. The topological polar surface area (TPSA) is 94.2 Å². The Hall–Kier alpha value is -3.88. The van der Waals surface area contributed by atoms with E-state index in [0.717, 1.165) is 6.42 Å². The highest BCUT2D eigenvalue weighted by Gasteiger charge is 2.48. The predicted octanol–water partition coefficient (Wildman–Crippen LogP) is 6.53. The zero-order valence-electron chi connectivity index (χ0n) is 26.3. The standard InChI is InChI=1S/C35H43FN2O6/c1-6-17-43-28-12-11-27(36)31-32(28)30-22(19-26(33(31)40)21-7-9-25(42-5)10-8-21)18-23(30)20-29(39)37-24-13-15-38(16-14-24)34(41)44-35(2,3)4/h7-12,19,22-24,30H,6,13-18,20H2,1-5H3,(H,37,39). The van der Waals surface area contributed by atoms with Crippen molar-refractivity contribution >= 4 is 23.4 Å². The van der Waals surface area contributed by atoms with Crippen molar-refractivity contribution < 1.29 is 33.0 Å². The maximum Gasteiger partial charge on any atom is 0.410 e. The molecule has 0 spiro atoms. The van der Waals surface area contributed by atoms with E-state index in [1.54, 1.807) is 30.2 Å². The van der Waals surface area contributed by atoms with Gasteiger partial charge in [-0.3, -0.25) is 9.59 Å². The number of hydrogen-bond acceptors (Lipinski definition) is 6. The van der Waals surface area contributed by atoms with Crippen LogP contribution < -0.4 is 14.8 Å². The van der Waals surface area contributed by atoms with Crippen LogP contribution in [0.2, 0.25) is 0 Å². The molecule has 0 aromatic heterocycles. The summed E-state index contributed by atoms with van der Waals surface area (Å²) < 4.78 is 32.4. The molecule has 44 heavy (non-hydrogen) atoms. The zero-order chi connectivity index (χ0) is 31.6. The normalized spacial score (nSPS) is 21.7. The van der Waals surface area contributed by atoms with Crippen molar-refractivity contribution in [2.75, 3.05) is 26.8 Å². The van der Waals surface area contributed by atoms with E-state index in [0.29, 0.717) is 67.2 Å². The number of Topliss-reactive ketones (excluding diaryl/α,β-unsaturated/α-hetero) is 1. The predicted molar refractivity (Wildman–Crippen MR) is 165 cm³/mol. The molecule has 236 valence electrons. The zero-order valence-corrected chi connectivity index (χ0v) is 26.3. The van der Waals surface area contributed by atoms with Crippen LogP contribution in [0, 0.1) is 17.7 Å². The minimum Gasteiger partial charge on any atom is -0.497 e. The number of carbonyl (C=O) groups is 3. The molecule has 2 aromatic carbocycles. The molecule has 3 atom stereocenters. The van der Waals surface area contributed by atoms with Gasteiger partial charge in [-0.2, -0.15) is 0 Å². The number of halogens is 1. The van der Waals surface area contributed by atoms with Gasteiger partial charge >= 0.3 is 6.09 Å². The van der Waals surface area contributed by atoms with Gasteiger partial charge in [0.2, 0.25) is 5.91 Å². The van der Waals surface area contributed by atoms with Crippen LogP contribution in [0.3, 0.4) is 0 Å². The van der Waals surface area contributed by atoms with Crippen LogP contribution in [-0.2, 0) is 9.53 Å². The van der Waals surface area contributed by atoms with Crippen molar-refractivity contribution in [1.29, 1.82) is 0 Å². The molecule has 3 aliphatic rings. The number of methoxy groups -OCH3 is 1. The van der Waals surface area contributed by atoms with Crippen LogP contribution >= 0.6 is 0 Å². The Balaban J connectivity index is 1.34. The van der Waals surface area contributed by atoms with Gasteiger partial charge in [0, 0.05) is 36.7 Å². The first kappa shape index (κ1) is 31.5. The molecule has 8 nitrogen and oxygen atoms in total. The number of amides is 2. The van der Waals surface area contributed by atoms with Gasteiger partial charge in [-0.25, -0.2) is 9.18 Å². The number of benzene rings is 2. The summed E-state index contributed by atoms with van der Waals surface area (Å²) in [6, 6.07) is 10.1. The number of ketones is 1. The number of allylic oxidation sites excluding steroid dienone is 2. The second-order valence-electron chi connectivity index (χ2n) is 13.0. The van der Waals surface area contributed by atoms with Crippen molar-refractivity contribution in [1.82, 2.24) is 10.2 Å². The Kier molecular flexibility index (Phi) is 9.32. The van der Waals surface area contributed by atoms with Gasteiger partial charge in [0.25, 0.3) is 0 Å². The SMILES string of the molecule is CCCOc1ccc(F)c2c1C1C(C=C(c3ccc(OC)cc3)C2=O)CC1CC(=O)NC1CCN(C(=O)OC(C)(C)C)CC1. The Bertz CT molecular complexity index is 1420. The number of nitrogens with zero attached hydrogens (tertiary/aromatic N) is 1. The maximum absolute atomic E-state index is 15.6.